The molecule has 0 saturated carbocycles. The number of anilines is 1. The number of carboxylic acid groups (broad SMARTS) is 1. The summed E-state index contributed by atoms with van der Waals surface area (Å²) in [6.07, 6.45) is 0.263. The van der Waals surface area contributed by atoms with Gasteiger partial charge in [-0.2, -0.15) is 0 Å². The highest BCUT2D eigenvalue weighted by atomic mass is 79.9. The minimum Gasteiger partial charge on any atom is -0.465 e. The highest BCUT2D eigenvalue weighted by molar-refractivity contribution is 9.10. The molecule has 0 aliphatic carbocycles. The second-order valence-corrected chi connectivity index (χ2v) is 4.87. The van der Waals surface area contributed by atoms with Crippen molar-refractivity contribution in [3.8, 4) is 0 Å². The normalized spacial score (nSPS) is 15.4. The van der Waals surface area contributed by atoms with Gasteiger partial charge in [0.05, 0.1) is 9.40 Å². The first kappa shape index (κ1) is 13.5. The van der Waals surface area contributed by atoms with Crippen LogP contribution in [0.5, 0.6) is 0 Å². The van der Waals surface area contributed by atoms with E-state index in [1.807, 2.05) is 4.90 Å². The molecule has 102 valence electrons. The van der Waals surface area contributed by atoms with Gasteiger partial charge < -0.3 is 14.9 Å². The number of aromatic nitrogens is 1. The van der Waals surface area contributed by atoms with Crippen molar-refractivity contribution in [2.24, 2.45) is 0 Å². The number of carbonyl (C=O) groups is 1. The Balaban J connectivity index is 2.11. The number of piperazine rings is 1. The molecule has 8 nitrogen and oxygen atoms in total. The summed E-state index contributed by atoms with van der Waals surface area (Å²) in [5, 5.41) is 19.5. The van der Waals surface area contributed by atoms with E-state index in [2.05, 4.69) is 20.9 Å². The molecule has 0 atom stereocenters. The van der Waals surface area contributed by atoms with Crippen LogP contribution < -0.4 is 4.90 Å². The van der Waals surface area contributed by atoms with Crippen LogP contribution in [-0.2, 0) is 0 Å². The van der Waals surface area contributed by atoms with Crippen molar-refractivity contribution in [1.82, 2.24) is 9.88 Å². The molecule has 2 rings (SSSR count). The van der Waals surface area contributed by atoms with Gasteiger partial charge in [-0.25, -0.2) is 9.78 Å². The van der Waals surface area contributed by atoms with Crippen molar-refractivity contribution in [3.63, 3.8) is 0 Å². The maximum Gasteiger partial charge on any atom is 0.407 e. The fourth-order valence-electron chi connectivity index (χ4n) is 1.86. The molecule has 0 bridgehead atoms. The van der Waals surface area contributed by atoms with E-state index in [0.717, 1.165) is 0 Å². The highest BCUT2D eigenvalue weighted by Gasteiger charge is 2.23. The van der Waals surface area contributed by atoms with Gasteiger partial charge >= 0.3 is 6.09 Å². The van der Waals surface area contributed by atoms with Crippen molar-refractivity contribution in [2.75, 3.05) is 31.1 Å². The summed E-state index contributed by atoms with van der Waals surface area (Å²) in [4.78, 5) is 28.2. The molecule has 9 heteroatoms. The number of nitro groups is 1. The average molecular weight is 331 g/mol. The second-order valence-electron chi connectivity index (χ2n) is 4.01. The number of hydrogen-bond acceptors (Lipinski definition) is 5. The van der Waals surface area contributed by atoms with Gasteiger partial charge in [-0.1, -0.05) is 0 Å². The van der Waals surface area contributed by atoms with Crippen LogP contribution in [0.3, 0.4) is 0 Å². The SMILES string of the molecule is O=C(O)N1CCN(c2ncc([N+](=O)[O-])cc2Br)CC1. The van der Waals surface area contributed by atoms with Crippen LogP contribution in [0.15, 0.2) is 16.7 Å². The maximum atomic E-state index is 10.8. The lowest BCUT2D eigenvalue weighted by atomic mass is 10.3. The Morgan fingerprint density at radius 3 is 2.53 bits per heavy atom. The molecule has 1 aliphatic rings. The Hall–Kier alpha value is -1.90. The summed E-state index contributed by atoms with van der Waals surface area (Å²) in [5.41, 5.74) is -0.0835. The predicted octanol–water partition coefficient (Wildman–Crippen LogP) is 1.55. The molecule has 1 aliphatic heterocycles. The zero-order chi connectivity index (χ0) is 14.0. The molecule has 1 N–H and O–H groups in total. The van der Waals surface area contributed by atoms with Crippen LogP contribution in [0.1, 0.15) is 0 Å². The van der Waals surface area contributed by atoms with E-state index < -0.39 is 11.0 Å². The molecular weight excluding hydrogens is 320 g/mol. The third kappa shape index (κ3) is 2.92. The smallest absolute Gasteiger partial charge is 0.407 e. The van der Waals surface area contributed by atoms with E-state index in [1.54, 1.807) is 0 Å². The lowest BCUT2D eigenvalue weighted by molar-refractivity contribution is -0.385. The molecule has 0 radical (unpaired) electrons. The van der Waals surface area contributed by atoms with Crippen LogP contribution in [0.4, 0.5) is 16.3 Å². The number of rotatable bonds is 2. The Morgan fingerprint density at radius 2 is 2.05 bits per heavy atom. The fraction of sp³-hybridized carbons (Fsp3) is 0.400. The van der Waals surface area contributed by atoms with Crippen molar-refractivity contribution >= 4 is 33.5 Å². The fourth-order valence-corrected chi connectivity index (χ4v) is 2.45. The molecule has 0 spiro atoms. The first-order valence-electron chi connectivity index (χ1n) is 5.52. The van der Waals surface area contributed by atoms with Gasteiger partial charge in [-0.3, -0.25) is 10.1 Å². The molecule has 1 aromatic heterocycles. The lowest BCUT2D eigenvalue weighted by Crippen LogP contribution is -2.48. The molecule has 1 fully saturated rings. The summed E-state index contributed by atoms with van der Waals surface area (Å²) >= 11 is 3.26. The van der Waals surface area contributed by atoms with Gasteiger partial charge in [0.25, 0.3) is 5.69 Å². The molecule has 2 heterocycles. The average Bonchev–Trinajstić information content (AvgIpc) is 2.38. The minimum atomic E-state index is -0.935. The van der Waals surface area contributed by atoms with Crippen molar-refractivity contribution in [2.45, 2.75) is 0 Å². The number of pyridine rings is 1. The summed E-state index contributed by atoms with van der Waals surface area (Å²) < 4.78 is 0.533. The van der Waals surface area contributed by atoms with E-state index in [-0.39, 0.29) is 5.69 Å². The van der Waals surface area contributed by atoms with E-state index in [9.17, 15) is 14.9 Å². The monoisotopic (exact) mass is 330 g/mol. The van der Waals surface area contributed by atoms with Gasteiger partial charge in [0.1, 0.15) is 12.0 Å². The number of nitrogens with zero attached hydrogens (tertiary/aromatic N) is 4. The van der Waals surface area contributed by atoms with Crippen LogP contribution in [-0.4, -0.2) is 52.2 Å². The van der Waals surface area contributed by atoms with Crippen LogP contribution >= 0.6 is 15.9 Å². The first-order valence-corrected chi connectivity index (χ1v) is 6.31. The minimum absolute atomic E-state index is 0.0835. The van der Waals surface area contributed by atoms with Gasteiger partial charge in [0.15, 0.2) is 0 Å². The zero-order valence-electron chi connectivity index (χ0n) is 9.82. The van der Waals surface area contributed by atoms with Crippen molar-refractivity contribution in [3.05, 3.63) is 26.9 Å². The van der Waals surface area contributed by atoms with E-state index in [0.29, 0.717) is 36.5 Å². The third-order valence-corrected chi connectivity index (χ3v) is 3.45. The molecule has 0 aromatic carbocycles. The Labute approximate surface area is 116 Å². The molecule has 1 amide bonds. The zero-order valence-corrected chi connectivity index (χ0v) is 11.4. The lowest BCUT2D eigenvalue weighted by Gasteiger charge is -2.34. The molecule has 0 unspecified atom stereocenters. The summed E-state index contributed by atoms with van der Waals surface area (Å²) in [6, 6.07) is 1.39. The number of hydrogen-bond donors (Lipinski definition) is 1. The standard InChI is InChI=1S/C10H11BrN4O4/c11-8-5-7(15(18)19)6-12-9(8)13-1-3-14(4-2-13)10(16)17/h5-6H,1-4H2,(H,16,17). The van der Waals surface area contributed by atoms with Crippen LogP contribution in [0.25, 0.3) is 0 Å². The maximum absolute atomic E-state index is 10.8. The summed E-state index contributed by atoms with van der Waals surface area (Å²) in [5.74, 6) is 0.593. The Kier molecular flexibility index (Phi) is 3.84. The van der Waals surface area contributed by atoms with Gasteiger partial charge in [-0.15, -0.1) is 0 Å². The van der Waals surface area contributed by atoms with Crippen LogP contribution in [0.2, 0.25) is 0 Å². The van der Waals surface area contributed by atoms with E-state index in [4.69, 9.17) is 5.11 Å². The Bertz CT molecular complexity index is 516. The Morgan fingerprint density at radius 1 is 1.42 bits per heavy atom. The third-order valence-electron chi connectivity index (χ3n) is 2.87. The summed E-state index contributed by atoms with van der Waals surface area (Å²) in [6.45, 7) is 1.80. The van der Waals surface area contributed by atoms with Crippen molar-refractivity contribution in [1.29, 1.82) is 0 Å². The molecule has 19 heavy (non-hydrogen) atoms. The van der Waals surface area contributed by atoms with E-state index in [1.165, 1.54) is 17.2 Å². The van der Waals surface area contributed by atoms with Crippen LogP contribution in [0, 0.1) is 10.1 Å². The topological polar surface area (TPSA) is 99.8 Å². The largest absolute Gasteiger partial charge is 0.465 e. The predicted molar refractivity (Wildman–Crippen MR) is 70.4 cm³/mol. The molecule has 1 aromatic rings. The molecule has 1 saturated heterocycles. The first-order chi connectivity index (χ1) is 8.99. The second kappa shape index (κ2) is 5.39. The highest BCUT2D eigenvalue weighted by Crippen LogP contribution is 2.28. The summed E-state index contributed by atoms with van der Waals surface area (Å²) in [7, 11) is 0. The van der Waals surface area contributed by atoms with Gasteiger partial charge in [0.2, 0.25) is 0 Å². The van der Waals surface area contributed by atoms with Crippen molar-refractivity contribution < 1.29 is 14.8 Å². The van der Waals surface area contributed by atoms with E-state index >= 15 is 0 Å². The number of halogens is 1. The number of amides is 1. The molecular formula is C10H11BrN4O4. The van der Waals surface area contributed by atoms with Gasteiger partial charge in [-0.05, 0) is 15.9 Å². The quantitative estimate of drug-likeness (QED) is 0.652. The van der Waals surface area contributed by atoms with Gasteiger partial charge in [0, 0.05) is 32.2 Å².